The van der Waals surface area contributed by atoms with E-state index in [0.29, 0.717) is 0 Å². The van der Waals surface area contributed by atoms with Gasteiger partial charge in [0.15, 0.2) is 0 Å². The van der Waals surface area contributed by atoms with Crippen molar-refractivity contribution in [3.8, 4) is 0 Å². The molecule has 2 fully saturated rings. The molecule has 1 aliphatic heterocycles. The summed E-state index contributed by atoms with van der Waals surface area (Å²) in [6, 6.07) is 4.53. The van der Waals surface area contributed by atoms with Gasteiger partial charge in [-0.1, -0.05) is 26.2 Å². The van der Waals surface area contributed by atoms with E-state index < -0.39 is 0 Å². The molecule has 1 aliphatic carbocycles. The first-order valence-corrected chi connectivity index (χ1v) is 8.69. The van der Waals surface area contributed by atoms with Gasteiger partial charge < -0.3 is 10.2 Å². The molecule has 3 rings (SSSR count). The second-order valence-electron chi connectivity index (χ2n) is 6.75. The summed E-state index contributed by atoms with van der Waals surface area (Å²) < 4.78 is 0. The average Bonchev–Trinajstić information content (AvgIpc) is 2.54. The molecule has 3 heteroatoms. The van der Waals surface area contributed by atoms with Gasteiger partial charge in [-0.05, 0) is 55.8 Å². The number of pyridine rings is 1. The van der Waals surface area contributed by atoms with Crippen molar-refractivity contribution in [1.29, 1.82) is 0 Å². The highest BCUT2D eigenvalue weighted by Gasteiger charge is 2.31. The molecular weight excluding hydrogens is 258 g/mol. The molecule has 116 valence electrons. The van der Waals surface area contributed by atoms with Crippen LogP contribution in [0, 0.1) is 11.8 Å². The maximum Gasteiger partial charge on any atom is 0.129 e. The molecule has 0 aromatic carbocycles. The lowest BCUT2D eigenvalue weighted by molar-refractivity contribution is 0.202. The third-order valence-corrected chi connectivity index (χ3v) is 5.28. The Kier molecular flexibility index (Phi) is 4.79. The van der Waals surface area contributed by atoms with Crippen molar-refractivity contribution in [2.24, 2.45) is 11.8 Å². The van der Waals surface area contributed by atoms with E-state index in [2.05, 4.69) is 29.3 Å². The fourth-order valence-corrected chi connectivity index (χ4v) is 4.09. The lowest BCUT2D eigenvalue weighted by Gasteiger charge is -2.42. The molecule has 0 bridgehead atoms. The van der Waals surface area contributed by atoms with Crippen LogP contribution in [0.25, 0.3) is 0 Å². The number of anilines is 1. The summed E-state index contributed by atoms with van der Waals surface area (Å²) >= 11 is 0. The summed E-state index contributed by atoms with van der Waals surface area (Å²) in [6.45, 7) is 5.55. The molecule has 2 aliphatic rings. The van der Waals surface area contributed by atoms with Crippen LogP contribution in [-0.2, 0) is 13.0 Å². The van der Waals surface area contributed by atoms with E-state index in [4.69, 9.17) is 4.98 Å². The van der Waals surface area contributed by atoms with Crippen molar-refractivity contribution >= 4 is 5.82 Å². The molecule has 1 aromatic heterocycles. The molecule has 0 radical (unpaired) electrons. The van der Waals surface area contributed by atoms with Crippen LogP contribution in [0.4, 0.5) is 5.82 Å². The number of fused-ring (bicyclic) bond motifs is 1. The topological polar surface area (TPSA) is 28.2 Å². The summed E-state index contributed by atoms with van der Waals surface area (Å²) in [6.07, 6.45) is 8.16. The van der Waals surface area contributed by atoms with Gasteiger partial charge in [-0.2, -0.15) is 0 Å². The van der Waals surface area contributed by atoms with Crippen LogP contribution >= 0.6 is 0 Å². The third-order valence-electron chi connectivity index (χ3n) is 5.28. The third kappa shape index (κ3) is 3.39. The molecule has 0 spiro atoms. The van der Waals surface area contributed by atoms with Gasteiger partial charge in [0, 0.05) is 25.3 Å². The van der Waals surface area contributed by atoms with Gasteiger partial charge in [0.25, 0.3) is 0 Å². The summed E-state index contributed by atoms with van der Waals surface area (Å²) in [4.78, 5) is 7.44. The van der Waals surface area contributed by atoms with Crippen LogP contribution < -0.4 is 10.2 Å². The summed E-state index contributed by atoms with van der Waals surface area (Å²) in [5.41, 5.74) is 2.59. The number of nitrogens with zero attached hydrogens (tertiary/aromatic N) is 2. The minimum absolute atomic E-state index is 0.910. The van der Waals surface area contributed by atoms with Crippen molar-refractivity contribution in [2.75, 3.05) is 25.0 Å². The normalized spacial score (nSPS) is 25.7. The van der Waals surface area contributed by atoms with Gasteiger partial charge in [0.1, 0.15) is 5.82 Å². The second-order valence-corrected chi connectivity index (χ2v) is 6.75. The molecule has 1 aromatic rings. The van der Waals surface area contributed by atoms with Gasteiger partial charge in [0.05, 0.1) is 0 Å². The highest BCUT2D eigenvalue weighted by molar-refractivity contribution is 5.43. The van der Waals surface area contributed by atoms with Crippen LogP contribution in [0.5, 0.6) is 0 Å². The highest BCUT2D eigenvalue weighted by Crippen LogP contribution is 2.37. The van der Waals surface area contributed by atoms with E-state index in [1.54, 1.807) is 0 Å². The standard InChI is InChI=1S/C18H29N3/c1-3-17-10-14(12-19-2)11-18(20-17)21-9-8-15-6-4-5-7-16(15)13-21/h10-11,15-16,19H,3-9,12-13H2,1-2H3. The minimum atomic E-state index is 0.910. The van der Waals surface area contributed by atoms with Crippen LogP contribution in [-0.4, -0.2) is 25.1 Å². The van der Waals surface area contributed by atoms with Gasteiger partial charge in [-0.3, -0.25) is 0 Å². The van der Waals surface area contributed by atoms with Gasteiger partial charge in [-0.25, -0.2) is 4.98 Å². The lowest BCUT2D eigenvalue weighted by Crippen LogP contribution is -2.42. The van der Waals surface area contributed by atoms with Crippen molar-refractivity contribution < 1.29 is 0 Å². The fourth-order valence-electron chi connectivity index (χ4n) is 4.09. The maximum atomic E-state index is 4.89. The van der Waals surface area contributed by atoms with Crippen molar-refractivity contribution in [3.63, 3.8) is 0 Å². The Balaban J connectivity index is 1.77. The molecule has 1 saturated carbocycles. The number of hydrogen-bond acceptors (Lipinski definition) is 3. The Labute approximate surface area is 129 Å². The zero-order chi connectivity index (χ0) is 14.7. The van der Waals surface area contributed by atoms with E-state index in [0.717, 1.165) is 24.8 Å². The van der Waals surface area contributed by atoms with Crippen LogP contribution in [0.1, 0.15) is 50.3 Å². The van der Waals surface area contributed by atoms with E-state index in [-0.39, 0.29) is 0 Å². The molecule has 21 heavy (non-hydrogen) atoms. The maximum absolute atomic E-state index is 4.89. The molecular formula is C18H29N3. The summed E-state index contributed by atoms with van der Waals surface area (Å²) in [5, 5.41) is 3.26. The second kappa shape index (κ2) is 6.78. The van der Waals surface area contributed by atoms with E-state index in [1.165, 1.54) is 62.3 Å². The summed E-state index contributed by atoms with van der Waals surface area (Å²) in [5.74, 6) is 3.11. The van der Waals surface area contributed by atoms with Gasteiger partial charge in [0.2, 0.25) is 0 Å². The van der Waals surface area contributed by atoms with Gasteiger partial charge in [-0.15, -0.1) is 0 Å². The average molecular weight is 287 g/mol. The molecule has 1 N–H and O–H groups in total. The first-order valence-electron chi connectivity index (χ1n) is 8.69. The van der Waals surface area contributed by atoms with Crippen LogP contribution in [0.15, 0.2) is 12.1 Å². The number of hydrogen-bond donors (Lipinski definition) is 1. The van der Waals surface area contributed by atoms with Crippen molar-refractivity contribution in [2.45, 2.75) is 52.0 Å². The number of piperidine rings is 1. The van der Waals surface area contributed by atoms with E-state index in [9.17, 15) is 0 Å². The largest absolute Gasteiger partial charge is 0.356 e. The molecule has 3 nitrogen and oxygen atoms in total. The van der Waals surface area contributed by atoms with E-state index >= 15 is 0 Å². The van der Waals surface area contributed by atoms with Gasteiger partial charge >= 0.3 is 0 Å². The predicted octanol–water partition coefficient (Wildman–Crippen LogP) is 3.38. The SMILES string of the molecule is CCc1cc(CNC)cc(N2CCC3CCCCC3C2)n1. The monoisotopic (exact) mass is 287 g/mol. The molecule has 0 amide bonds. The first kappa shape index (κ1) is 14.8. The Hall–Kier alpha value is -1.09. The molecule has 2 heterocycles. The lowest BCUT2D eigenvalue weighted by atomic mass is 9.75. The first-order chi connectivity index (χ1) is 10.3. The quantitative estimate of drug-likeness (QED) is 0.920. The predicted molar refractivity (Wildman–Crippen MR) is 88.7 cm³/mol. The van der Waals surface area contributed by atoms with Crippen molar-refractivity contribution in [1.82, 2.24) is 10.3 Å². The number of aryl methyl sites for hydroxylation is 1. The Bertz CT molecular complexity index is 472. The van der Waals surface area contributed by atoms with Crippen LogP contribution in [0.3, 0.4) is 0 Å². The van der Waals surface area contributed by atoms with Crippen molar-refractivity contribution in [3.05, 3.63) is 23.4 Å². The zero-order valence-electron chi connectivity index (χ0n) is 13.6. The van der Waals surface area contributed by atoms with E-state index in [1.807, 2.05) is 7.05 Å². The number of rotatable bonds is 4. The Morgan fingerprint density at radius 2 is 2.00 bits per heavy atom. The fraction of sp³-hybridized carbons (Fsp3) is 0.722. The highest BCUT2D eigenvalue weighted by atomic mass is 15.2. The Morgan fingerprint density at radius 3 is 2.76 bits per heavy atom. The number of aromatic nitrogens is 1. The van der Waals surface area contributed by atoms with Crippen LogP contribution in [0.2, 0.25) is 0 Å². The smallest absolute Gasteiger partial charge is 0.129 e. The molecule has 1 saturated heterocycles. The summed E-state index contributed by atoms with van der Waals surface area (Å²) in [7, 11) is 2.01. The number of nitrogens with one attached hydrogen (secondary N) is 1. The zero-order valence-corrected chi connectivity index (χ0v) is 13.6. The molecule has 2 atom stereocenters. The minimum Gasteiger partial charge on any atom is -0.356 e. The Morgan fingerprint density at radius 1 is 1.19 bits per heavy atom. The molecule has 2 unspecified atom stereocenters.